The summed E-state index contributed by atoms with van der Waals surface area (Å²) in [7, 11) is -0.560. The summed E-state index contributed by atoms with van der Waals surface area (Å²) >= 11 is 0. The maximum Gasteiger partial charge on any atom is 0.328 e. The number of hydrogen-bond acceptors (Lipinski definition) is 10. The molecule has 3 atom stereocenters. The van der Waals surface area contributed by atoms with Gasteiger partial charge in [0, 0.05) is 26.6 Å². The standard InChI is InChI=1S/C36H55NO10S/c1-5-7-9-13-16-26-48(43,44)27-17-14-11-10-12-15-18-31(36(42,35(40)41)23-25-45-3)33(38)37-32(34(39)46-4)28-29-19-21-30(22-20-29)47-24-8-6-2/h15,18-22,31-32,42H,5,7,9-14,16-17,23-28H2,1-4H3,(H,37,38)(H,40,41)/p-1/b18-15+/t31-,32+,36+/m1/s1. The van der Waals surface area contributed by atoms with Gasteiger partial charge in [-0.25, -0.2) is 13.2 Å². The summed E-state index contributed by atoms with van der Waals surface area (Å²) in [6.07, 6.45) is 10.6. The molecule has 0 aliphatic rings. The molecule has 48 heavy (non-hydrogen) atoms. The highest BCUT2D eigenvalue weighted by atomic mass is 32.2. The second-order valence-electron chi connectivity index (χ2n) is 11.8. The fourth-order valence-corrected chi connectivity index (χ4v) is 6.54. The van der Waals surface area contributed by atoms with Crippen LogP contribution in [-0.2, 0) is 40.1 Å². The van der Waals surface area contributed by atoms with Gasteiger partial charge in [0.15, 0.2) is 0 Å². The SMILES string of the molecule is CC#CCOc1ccc(C[C@H](NC(=O)[C@@H](/C=C/CCCCCCS(=O)(=O)CCCCCCC)[C@@](O)(CCOC)C(=O)[O-])C(=O)OC)cc1. The Balaban J connectivity index is 2.90. The van der Waals surface area contributed by atoms with Crippen LogP contribution in [0.4, 0.5) is 0 Å². The third-order valence-electron chi connectivity index (χ3n) is 7.95. The average Bonchev–Trinajstić information content (AvgIpc) is 3.06. The molecule has 1 aromatic carbocycles. The minimum Gasteiger partial charge on any atom is -0.547 e. The van der Waals surface area contributed by atoms with Gasteiger partial charge >= 0.3 is 5.97 Å². The number of hydrogen-bond donors (Lipinski definition) is 2. The molecule has 0 radical (unpaired) electrons. The van der Waals surface area contributed by atoms with Crippen LogP contribution in [0, 0.1) is 17.8 Å². The van der Waals surface area contributed by atoms with Crippen molar-refractivity contribution in [2.24, 2.45) is 5.92 Å². The van der Waals surface area contributed by atoms with Crippen LogP contribution in [-0.4, -0.2) is 82.0 Å². The highest BCUT2D eigenvalue weighted by molar-refractivity contribution is 7.91. The first-order valence-corrected chi connectivity index (χ1v) is 18.6. The Hall–Kier alpha value is -3.40. The monoisotopic (exact) mass is 692 g/mol. The molecule has 0 saturated heterocycles. The Labute approximate surface area is 286 Å². The van der Waals surface area contributed by atoms with Crippen molar-refractivity contribution in [3.63, 3.8) is 0 Å². The number of carboxylic acids is 1. The van der Waals surface area contributed by atoms with Gasteiger partial charge in [0.25, 0.3) is 0 Å². The van der Waals surface area contributed by atoms with E-state index < -0.39 is 51.7 Å². The average molecular weight is 693 g/mol. The van der Waals surface area contributed by atoms with Crippen LogP contribution in [0.15, 0.2) is 36.4 Å². The van der Waals surface area contributed by atoms with Crippen molar-refractivity contribution in [2.75, 3.05) is 38.9 Å². The lowest BCUT2D eigenvalue weighted by Crippen LogP contribution is -2.59. The van der Waals surface area contributed by atoms with Crippen LogP contribution in [0.1, 0.15) is 90.0 Å². The van der Waals surface area contributed by atoms with Crippen LogP contribution >= 0.6 is 0 Å². The van der Waals surface area contributed by atoms with Crippen molar-refractivity contribution in [2.45, 2.75) is 103 Å². The Morgan fingerprint density at radius 2 is 1.62 bits per heavy atom. The predicted molar refractivity (Wildman–Crippen MR) is 183 cm³/mol. The van der Waals surface area contributed by atoms with Crippen molar-refractivity contribution in [3.05, 3.63) is 42.0 Å². The van der Waals surface area contributed by atoms with E-state index in [1.165, 1.54) is 20.3 Å². The maximum atomic E-state index is 13.6. The zero-order chi connectivity index (χ0) is 35.8. The number of carbonyl (C=O) groups is 3. The van der Waals surface area contributed by atoms with Gasteiger partial charge < -0.3 is 34.5 Å². The zero-order valence-corrected chi connectivity index (χ0v) is 29.8. The first-order valence-electron chi connectivity index (χ1n) is 16.7. The van der Waals surface area contributed by atoms with E-state index in [4.69, 9.17) is 14.2 Å². The maximum absolute atomic E-state index is 13.6. The summed E-state index contributed by atoms with van der Waals surface area (Å²) in [5, 5.41) is 25.9. The number of benzene rings is 1. The van der Waals surface area contributed by atoms with Crippen LogP contribution in [0.2, 0.25) is 0 Å². The molecule has 1 rings (SSSR count). The Morgan fingerprint density at radius 1 is 1.00 bits per heavy atom. The molecule has 11 nitrogen and oxygen atoms in total. The summed E-state index contributed by atoms with van der Waals surface area (Å²) in [5.41, 5.74) is -1.95. The minimum atomic E-state index is -3.06. The smallest absolute Gasteiger partial charge is 0.328 e. The van der Waals surface area contributed by atoms with Gasteiger partial charge in [-0.15, -0.1) is 5.92 Å². The number of unbranched alkanes of at least 4 members (excludes halogenated alkanes) is 8. The molecule has 0 spiro atoms. The molecule has 12 heteroatoms. The molecule has 0 heterocycles. The van der Waals surface area contributed by atoms with Crippen LogP contribution in [0.25, 0.3) is 0 Å². The third-order valence-corrected chi connectivity index (χ3v) is 9.78. The number of carbonyl (C=O) groups excluding carboxylic acids is 3. The third kappa shape index (κ3) is 16.6. The summed E-state index contributed by atoms with van der Waals surface area (Å²) in [6.45, 7) is 3.88. The van der Waals surface area contributed by atoms with Crippen molar-refractivity contribution in [1.29, 1.82) is 0 Å². The van der Waals surface area contributed by atoms with Gasteiger partial charge in [-0.1, -0.05) is 75.7 Å². The number of ether oxygens (including phenoxy) is 3. The normalized spacial score (nSPS) is 13.9. The molecule has 1 amide bonds. The van der Waals surface area contributed by atoms with Crippen molar-refractivity contribution >= 4 is 27.7 Å². The van der Waals surface area contributed by atoms with E-state index in [9.17, 15) is 33.0 Å². The van der Waals surface area contributed by atoms with Crippen LogP contribution in [0.3, 0.4) is 0 Å². The van der Waals surface area contributed by atoms with E-state index in [1.54, 1.807) is 37.3 Å². The van der Waals surface area contributed by atoms with E-state index in [0.717, 1.165) is 32.1 Å². The van der Waals surface area contributed by atoms with E-state index in [2.05, 4.69) is 24.1 Å². The minimum absolute atomic E-state index is 0.0281. The summed E-state index contributed by atoms with van der Waals surface area (Å²) in [6, 6.07) is 5.64. The fourth-order valence-electron chi connectivity index (χ4n) is 5.05. The lowest BCUT2D eigenvalue weighted by molar-refractivity contribution is -0.327. The highest BCUT2D eigenvalue weighted by Crippen LogP contribution is 2.25. The number of allylic oxidation sites excluding steroid dienone is 1. The zero-order valence-electron chi connectivity index (χ0n) is 29.0. The molecule has 0 aliphatic carbocycles. The first-order chi connectivity index (χ1) is 22.9. The Bertz CT molecular complexity index is 1300. The summed E-state index contributed by atoms with van der Waals surface area (Å²) in [4.78, 5) is 38.4. The van der Waals surface area contributed by atoms with Gasteiger partial charge in [-0.3, -0.25) is 4.79 Å². The second-order valence-corrected chi connectivity index (χ2v) is 14.1. The lowest BCUT2D eigenvalue weighted by Gasteiger charge is -2.35. The second kappa shape index (κ2) is 23.8. The quantitative estimate of drug-likeness (QED) is 0.0636. The number of aliphatic carboxylic acids is 1. The predicted octanol–water partition coefficient (Wildman–Crippen LogP) is 3.31. The molecular weight excluding hydrogens is 638 g/mol. The van der Waals surface area contributed by atoms with Crippen LogP contribution < -0.4 is 15.2 Å². The Kier molecular flexibility index (Phi) is 21.2. The van der Waals surface area contributed by atoms with E-state index >= 15 is 0 Å². The number of sulfone groups is 1. The van der Waals surface area contributed by atoms with E-state index in [-0.39, 0.29) is 31.1 Å². The lowest BCUT2D eigenvalue weighted by atomic mass is 9.83. The van der Waals surface area contributed by atoms with Crippen molar-refractivity contribution < 1.29 is 47.2 Å². The largest absolute Gasteiger partial charge is 0.547 e. The highest BCUT2D eigenvalue weighted by Gasteiger charge is 2.42. The number of nitrogens with one attached hydrogen (secondary N) is 1. The molecule has 0 unspecified atom stereocenters. The van der Waals surface area contributed by atoms with Gasteiger partial charge in [-0.05, 0) is 50.3 Å². The summed E-state index contributed by atoms with van der Waals surface area (Å²) in [5.74, 6) is 1.36. The molecule has 0 fully saturated rings. The molecule has 270 valence electrons. The van der Waals surface area contributed by atoms with Gasteiger partial charge in [-0.2, -0.15) is 0 Å². The molecule has 0 aromatic heterocycles. The molecule has 0 saturated carbocycles. The number of rotatable bonds is 26. The van der Waals surface area contributed by atoms with Crippen molar-refractivity contribution in [3.8, 4) is 17.6 Å². The van der Waals surface area contributed by atoms with E-state index in [0.29, 0.717) is 43.4 Å². The number of esters is 1. The number of methoxy groups -OCH3 is 2. The van der Waals surface area contributed by atoms with E-state index in [1.807, 2.05) is 0 Å². The Morgan fingerprint density at radius 3 is 2.19 bits per heavy atom. The molecule has 2 N–H and O–H groups in total. The topological polar surface area (TPSA) is 168 Å². The number of aliphatic hydroxyl groups is 1. The molecule has 0 bridgehead atoms. The molecule has 0 aliphatic heterocycles. The number of amides is 1. The van der Waals surface area contributed by atoms with Gasteiger partial charge in [0.05, 0.1) is 30.5 Å². The number of carboxylic acid groups (broad SMARTS) is 1. The van der Waals surface area contributed by atoms with Crippen molar-refractivity contribution in [1.82, 2.24) is 5.32 Å². The first kappa shape index (κ1) is 42.6. The molecular formula is C36H54NO10S-. The van der Waals surface area contributed by atoms with Crippen LogP contribution in [0.5, 0.6) is 5.75 Å². The van der Waals surface area contributed by atoms with Gasteiger partial charge in [0.1, 0.15) is 33.8 Å². The molecule has 1 aromatic rings. The van der Waals surface area contributed by atoms with Gasteiger partial charge in [0.2, 0.25) is 5.91 Å². The fraction of sp³-hybridized carbons (Fsp3) is 0.639. The summed E-state index contributed by atoms with van der Waals surface area (Å²) < 4.78 is 39.9.